The molecule has 1 aromatic carbocycles. The van der Waals surface area contributed by atoms with Crippen LogP contribution in [0, 0.1) is 23.2 Å². The van der Waals surface area contributed by atoms with Crippen molar-refractivity contribution in [2.75, 3.05) is 13.1 Å². The number of hydrogen-bond acceptors (Lipinski definition) is 3. The van der Waals surface area contributed by atoms with Crippen molar-refractivity contribution in [2.45, 2.75) is 11.3 Å². The lowest BCUT2D eigenvalue weighted by molar-refractivity contribution is 0.430. The summed E-state index contributed by atoms with van der Waals surface area (Å²) in [6.45, 7) is 1.04. The Balaban J connectivity index is 1.56. The van der Waals surface area contributed by atoms with Gasteiger partial charge in [-0.05, 0) is 42.5 Å². The number of pyridine rings is 1. The van der Waals surface area contributed by atoms with Gasteiger partial charge in [-0.25, -0.2) is 13.4 Å². The average molecular weight is 324 g/mol. The highest BCUT2D eigenvalue weighted by Crippen LogP contribution is 2.58. The molecule has 5 heteroatoms. The first-order chi connectivity index (χ1) is 11.1. The second-order valence-electron chi connectivity index (χ2n) is 6.13. The maximum atomic E-state index is 12.7. The van der Waals surface area contributed by atoms with Crippen LogP contribution in [0.25, 0.3) is 0 Å². The van der Waals surface area contributed by atoms with Gasteiger partial charge in [-0.15, -0.1) is 0 Å². The van der Waals surface area contributed by atoms with Gasteiger partial charge in [0.15, 0.2) is 0 Å². The number of aromatic nitrogens is 1. The summed E-state index contributed by atoms with van der Waals surface area (Å²) < 4.78 is 26.9. The van der Waals surface area contributed by atoms with Crippen LogP contribution in [-0.2, 0) is 10.0 Å². The van der Waals surface area contributed by atoms with Crippen molar-refractivity contribution in [3.8, 4) is 11.8 Å². The van der Waals surface area contributed by atoms with Crippen LogP contribution in [0.4, 0.5) is 0 Å². The third-order valence-electron chi connectivity index (χ3n) is 4.60. The van der Waals surface area contributed by atoms with E-state index in [1.54, 1.807) is 34.8 Å². The van der Waals surface area contributed by atoms with Crippen LogP contribution >= 0.6 is 0 Å². The van der Waals surface area contributed by atoms with Crippen molar-refractivity contribution < 1.29 is 8.42 Å². The fraction of sp³-hybridized carbons (Fsp3) is 0.278. The maximum Gasteiger partial charge on any atom is 0.243 e. The molecule has 2 aliphatic rings. The van der Waals surface area contributed by atoms with E-state index in [9.17, 15) is 8.42 Å². The predicted molar refractivity (Wildman–Crippen MR) is 86.9 cm³/mol. The molecule has 2 aromatic rings. The summed E-state index contributed by atoms with van der Waals surface area (Å²) in [7, 11) is -3.41. The first kappa shape index (κ1) is 14.4. The van der Waals surface area contributed by atoms with Gasteiger partial charge in [-0.3, -0.25) is 0 Å². The molecule has 1 aliphatic carbocycles. The zero-order valence-corrected chi connectivity index (χ0v) is 13.3. The van der Waals surface area contributed by atoms with E-state index in [4.69, 9.17) is 0 Å². The molecule has 1 saturated carbocycles. The van der Waals surface area contributed by atoms with Gasteiger partial charge in [0.05, 0.1) is 10.3 Å². The molecule has 4 rings (SSSR count). The first-order valence-corrected chi connectivity index (χ1v) is 9.04. The molecule has 0 spiro atoms. The summed E-state index contributed by atoms with van der Waals surface area (Å²) >= 11 is 0. The van der Waals surface area contributed by atoms with Crippen molar-refractivity contribution in [3.05, 3.63) is 60.4 Å². The van der Waals surface area contributed by atoms with Crippen LogP contribution in [-0.4, -0.2) is 30.8 Å². The molecule has 23 heavy (non-hydrogen) atoms. The smallest absolute Gasteiger partial charge is 0.243 e. The minimum atomic E-state index is -3.41. The molecule has 0 N–H and O–H groups in total. The van der Waals surface area contributed by atoms with Crippen molar-refractivity contribution in [2.24, 2.45) is 11.3 Å². The fourth-order valence-electron chi connectivity index (χ4n) is 3.18. The molecule has 0 bridgehead atoms. The molecule has 116 valence electrons. The van der Waals surface area contributed by atoms with E-state index in [2.05, 4.69) is 16.8 Å². The Morgan fingerprint density at radius 2 is 1.91 bits per heavy atom. The van der Waals surface area contributed by atoms with E-state index in [0.717, 1.165) is 12.1 Å². The summed E-state index contributed by atoms with van der Waals surface area (Å²) in [5, 5.41) is 0. The third-order valence-corrected chi connectivity index (χ3v) is 6.43. The zero-order valence-electron chi connectivity index (χ0n) is 12.5. The molecule has 0 radical (unpaired) electrons. The number of piperidine rings is 1. The Kier molecular flexibility index (Phi) is 3.26. The molecule has 2 heterocycles. The molecule has 2 fully saturated rings. The normalized spacial score (nSPS) is 26.2. The third kappa shape index (κ3) is 2.54. The van der Waals surface area contributed by atoms with Gasteiger partial charge >= 0.3 is 0 Å². The molecule has 4 nitrogen and oxygen atoms in total. The van der Waals surface area contributed by atoms with Gasteiger partial charge in [0, 0.05) is 19.3 Å². The standard InChI is InChI=1S/C18H16N2O2S/c21-23(22,17-7-2-1-3-8-17)20-13-15-12-18(15,14-20)10-9-16-6-4-5-11-19-16/h1-8,11,15H,12-14H2/t15?,18-/m1/s1. The highest BCUT2D eigenvalue weighted by Gasteiger charge is 2.61. The van der Waals surface area contributed by atoms with E-state index in [1.165, 1.54) is 0 Å². The van der Waals surface area contributed by atoms with E-state index in [1.807, 2.05) is 24.3 Å². The number of rotatable bonds is 2. The van der Waals surface area contributed by atoms with Crippen LogP contribution in [0.2, 0.25) is 0 Å². The summed E-state index contributed by atoms with van der Waals surface area (Å²) in [4.78, 5) is 4.55. The molecule has 1 unspecified atom stereocenters. The van der Waals surface area contributed by atoms with Crippen LogP contribution in [0.15, 0.2) is 59.6 Å². The molecule has 1 saturated heterocycles. The average Bonchev–Trinajstić information content (AvgIpc) is 3.15. The molecule has 1 aromatic heterocycles. The Morgan fingerprint density at radius 1 is 1.13 bits per heavy atom. The Morgan fingerprint density at radius 3 is 2.65 bits per heavy atom. The number of benzene rings is 1. The Bertz CT molecular complexity index is 885. The van der Waals surface area contributed by atoms with Crippen LogP contribution < -0.4 is 0 Å². The van der Waals surface area contributed by atoms with E-state index < -0.39 is 10.0 Å². The summed E-state index contributed by atoms with van der Waals surface area (Å²) in [5.74, 6) is 6.73. The van der Waals surface area contributed by atoms with Crippen LogP contribution in [0.5, 0.6) is 0 Å². The van der Waals surface area contributed by atoms with Gasteiger partial charge in [0.25, 0.3) is 0 Å². The fourth-order valence-corrected chi connectivity index (χ4v) is 4.76. The van der Waals surface area contributed by atoms with Gasteiger partial charge < -0.3 is 0 Å². The lowest BCUT2D eigenvalue weighted by Gasteiger charge is -2.18. The van der Waals surface area contributed by atoms with Gasteiger partial charge in [-0.2, -0.15) is 4.31 Å². The van der Waals surface area contributed by atoms with Gasteiger partial charge in [0.1, 0.15) is 5.69 Å². The lowest BCUT2D eigenvalue weighted by Crippen LogP contribution is -2.31. The highest BCUT2D eigenvalue weighted by molar-refractivity contribution is 7.89. The highest BCUT2D eigenvalue weighted by atomic mass is 32.2. The first-order valence-electron chi connectivity index (χ1n) is 7.60. The lowest BCUT2D eigenvalue weighted by atomic mass is 10.1. The number of sulfonamides is 1. The SMILES string of the molecule is O=S(=O)(c1ccccc1)N1CC2C[C@]2(C#Cc2ccccn2)C1. The molecule has 1 aliphatic heterocycles. The zero-order chi connectivity index (χ0) is 15.9. The molecule has 2 atom stereocenters. The van der Waals surface area contributed by atoms with E-state index in [-0.39, 0.29) is 5.41 Å². The number of nitrogens with zero attached hydrogens (tertiary/aromatic N) is 2. The molecule has 0 amide bonds. The minimum Gasteiger partial charge on any atom is -0.248 e. The molecular formula is C18H16N2O2S. The van der Waals surface area contributed by atoms with E-state index >= 15 is 0 Å². The number of hydrogen-bond donors (Lipinski definition) is 0. The van der Waals surface area contributed by atoms with Crippen molar-refractivity contribution in [1.29, 1.82) is 0 Å². The number of fused-ring (bicyclic) bond motifs is 1. The predicted octanol–water partition coefficient (Wildman–Crippen LogP) is 2.14. The van der Waals surface area contributed by atoms with Gasteiger partial charge in [-0.1, -0.05) is 30.2 Å². The van der Waals surface area contributed by atoms with Crippen LogP contribution in [0.1, 0.15) is 12.1 Å². The topological polar surface area (TPSA) is 50.3 Å². The van der Waals surface area contributed by atoms with Crippen molar-refractivity contribution in [3.63, 3.8) is 0 Å². The van der Waals surface area contributed by atoms with E-state index in [0.29, 0.717) is 23.9 Å². The molecular weight excluding hydrogens is 308 g/mol. The minimum absolute atomic E-state index is 0.181. The van der Waals surface area contributed by atoms with Crippen molar-refractivity contribution in [1.82, 2.24) is 9.29 Å². The largest absolute Gasteiger partial charge is 0.248 e. The quantitative estimate of drug-likeness (QED) is 0.795. The maximum absolute atomic E-state index is 12.7. The van der Waals surface area contributed by atoms with Crippen LogP contribution in [0.3, 0.4) is 0 Å². The summed E-state index contributed by atoms with van der Waals surface area (Å²) in [6.07, 6.45) is 2.69. The summed E-state index contributed by atoms with van der Waals surface area (Å²) in [6, 6.07) is 14.2. The Hall–Kier alpha value is -2.16. The van der Waals surface area contributed by atoms with Gasteiger partial charge in [0.2, 0.25) is 10.0 Å². The second kappa shape index (κ2) is 5.19. The summed E-state index contributed by atoms with van der Waals surface area (Å²) in [5.41, 5.74) is 0.552. The van der Waals surface area contributed by atoms with Crippen molar-refractivity contribution >= 4 is 10.0 Å². The monoisotopic (exact) mass is 324 g/mol. The second-order valence-corrected chi connectivity index (χ2v) is 8.07. The Labute approximate surface area is 136 Å².